The van der Waals surface area contributed by atoms with Crippen LogP contribution in [-0.4, -0.2) is 12.5 Å². The molecular weight excluding hydrogens is 138 g/mol. The van der Waals surface area contributed by atoms with Gasteiger partial charge in [0, 0.05) is 6.54 Å². The van der Waals surface area contributed by atoms with Crippen molar-refractivity contribution in [3.05, 3.63) is 25.3 Å². The molecule has 0 aliphatic carbocycles. The predicted octanol–water partition coefficient (Wildman–Crippen LogP) is 1.64. The van der Waals surface area contributed by atoms with Crippen LogP contribution in [0.4, 0.5) is 0 Å². The van der Waals surface area contributed by atoms with Crippen molar-refractivity contribution in [2.45, 2.75) is 19.3 Å². The number of carbonyl (C=O) groups is 1. The van der Waals surface area contributed by atoms with Crippen molar-refractivity contribution >= 4 is 5.91 Å². The Morgan fingerprint density at radius 3 is 2.64 bits per heavy atom. The van der Waals surface area contributed by atoms with Gasteiger partial charge in [0.05, 0.1) is 0 Å². The van der Waals surface area contributed by atoms with Gasteiger partial charge in [0.15, 0.2) is 0 Å². The average molecular weight is 153 g/mol. The second kappa shape index (κ2) is 7.06. The maximum atomic E-state index is 10.6. The highest BCUT2D eigenvalue weighted by Crippen LogP contribution is 1.93. The van der Waals surface area contributed by atoms with Crippen LogP contribution in [0.1, 0.15) is 19.3 Å². The molecule has 2 nitrogen and oxygen atoms in total. The number of unbranched alkanes of at least 4 members (excludes halogenated alkanes) is 2. The molecule has 62 valence electrons. The van der Waals surface area contributed by atoms with E-state index in [1.807, 2.05) is 6.08 Å². The van der Waals surface area contributed by atoms with Gasteiger partial charge in [-0.1, -0.05) is 12.7 Å². The van der Waals surface area contributed by atoms with Gasteiger partial charge in [-0.15, -0.1) is 6.58 Å². The zero-order valence-electron chi connectivity index (χ0n) is 6.81. The molecule has 0 aromatic rings. The second-order valence-corrected chi connectivity index (χ2v) is 2.28. The molecule has 0 saturated heterocycles. The minimum absolute atomic E-state index is 0.0939. The van der Waals surface area contributed by atoms with Crippen LogP contribution in [0, 0.1) is 0 Å². The molecule has 0 atom stereocenters. The summed E-state index contributed by atoms with van der Waals surface area (Å²) in [5.41, 5.74) is 0. The van der Waals surface area contributed by atoms with E-state index in [9.17, 15) is 4.79 Å². The SMILES string of the molecule is C=CCCCCNC(=O)C=C. The maximum absolute atomic E-state index is 10.6. The molecule has 0 radical (unpaired) electrons. The number of carbonyl (C=O) groups excluding carboxylic acids is 1. The molecular formula is C9H15NO. The van der Waals surface area contributed by atoms with E-state index in [1.54, 1.807) is 0 Å². The van der Waals surface area contributed by atoms with Crippen molar-refractivity contribution < 1.29 is 4.79 Å². The average Bonchev–Trinajstić information content (AvgIpc) is 2.04. The van der Waals surface area contributed by atoms with Crippen LogP contribution in [0.25, 0.3) is 0 Å². The Morgan fingerprint density at radius 2 is 2.09 bits per heavy atom. The molecule has 0 aliphatic heterocycles. The maximum Gasteiger partial charge on any atom is 0.243 e. The van der Waals surface area contributed by atoms with E-state index in [4.69, 9.17) is 0 Å². The van der Waals surface area contributed by atoms with Crippen LogP contribution in [0.3, 0.4) is 0 Å². The molecule has 0 saturated carbocycles. The molecule has 2 heteroatoms. The summed E-state index contributed by atoms with van der Waals surface area (Å²) >= 11 is 0. The quantitative estimate of drug-likeness (QED) is 0.351. The lowest BCUT2D eigenvalue weighted by atomic mass is 10.2. The van der Waals surface area contributed by atoms with E-state index in [0.29, 0.717) is 0 Å². The molecule has 0 rings (SSSR count). The van der Waals surface area contributed by atoms with Crippen molar-refractivity contribution in [1.82, 2.24) is 5.32 Å². The monoisotopic (exact) mass is 153 g/mol. The smallest absolute Gasteiger partial charge is 0.243 e. The minimum Gasteiger partial charge on any atom is -0.353 e. The van der Waals surface area contributed by atoms with Crippen LogP contribution in [-0.2, 0) is 4.79 Å². The fraction of sp³-hybridized carbons (Fsp3) is 0.444. The number of allylic oxidation sites excluding steroid dienone is 1. The summed E-state index contributed by atoms with van der Waals surface area (Å²) in [5, 5.41) is 2.70. The summed E-state index contributed by atoms with van der Waals surface area (Å²) in [4.78, 5) is 10.6. The summed E-state index contributed by atoms with van der Waals surface area (Å²) < 4.78 is 0. The van der Waals surface area contributed by atoms with Gasteiger partial charge >= 0.3 is 0 Å². The predicted molar refractivity (Wildman–Crippen MR) is 47.3 cm³/mol. The molecule has 1 amide bonds. The molecule has 0 spiro atoms. The van der Waals surface area contributed by atoms with Gasteiger partial charge in [-0.25, -0.2) is 0 Å². The lowest BCUT2D eigenvalue weighted by Crippen LogP contribution is -2.21. The summed E-state index contributed by atoms with van der Waals surface area (Å²) in [5.74, 6) is -0.0939. The molecule has 0 unspecified atom stereocenters. The van der Waals surface area contributed by atoms with E-state index in [-0.39, 0.29) is 5.91 Å². The Morgan fingerprint density at radius 1 is 1.36 bits per heavy atom. The van der Waals surface area contributed by atoms with Gasteiger partial charge in [-0.05, 0) is 25.3 Å². The normalized spacial score (nSPS) is 8.73. The molecule has 0 aliphatic rings. The van der Waals surface area contributed by atoms with Crippen molar-refractivity contribution in [2.75, 3.05) is 6.54 Å². The van der Waals surface area contributed by atoms with E-state index in [1.165, 1.54) is 6.08 Å². The Balaban J connectivity index is 3.07. The number of rotatable bonds is 6. The first-order valence-electron chi connectivity index (χ1n) is 3.82. The number of hydrogen-bond donors (Lipinski definition) is 1. The van der Waals surface area contributed by atoms with Gasteiger partial charge in [0.1, 0.15) is 0 Å². The summed E-state index contributed by atoms with van der Waals surface area (Å²) in [6.07, 6.45) is 6.28. The van der Waals surface area contributed by atoms with Gasteiger partial charge in [-0.2, -0.15) is 0 Å². The topological polar surface area (TPSA) is 29.1 Å². The first-order chi connectivity index (χ1) is 5.31. The van der Waals surface area contributed by atoms with Gasteiger partial charge < -0.3 is 5.32 Å². The van der Waals surface area contributed by atoms with Crippen LogP contribution in [0.15, 0.2) is 25.3 Å². The Kier molecular flexibility index (Phi) is 6.39. The zero-order chi connectivity index (χ0) is 8.53. The first kappa shape index (κ1) is 9.95. The molecule has 0 bridgehead atoms. The first-order valence-corrected chi connectivity index (χ1v) is 3.82. The molecule has 11 heavy (non-hydrogen) atoms. The number of nitrogens with one attached hydrogen (secondary N) is 1. The van der Waals surface area contributed by atoms with E-state index >= 15 is 0 Å². The second-order valence-electron chi connectivity index (χ2n) is 2.28. The Labute approximate surface area is 68.0 Å². The molecule has 0 aromatic carbocycles. The van der Waals surface area contributed by atoms with Gasteiger partial charge in [0.25, 0.3) is 0 Å². The third kappa shape index (κ3) is 6.84. The van der Waals surface area contributed by atoms with Crippen molar-refractivity contribution in [2.24, 2.45) is 0 Å². The Hall–Kier alpha value is -1.05. The highest BCUT2D eigenvalue weighted by Gasteiger charge is 1.90. The van der Waals surface area contributed by atoms with Crippen molar-refractivity contribution in [3.8, 4) is 0 Å². The van der Waals surface area contributed by atoms with E-state index in [2.05, 4.69) is 18.5 Å². The molecule has 0 fully saturated rings. The van der Waals surface area contributed by atoms with Crippen LogP contribution in [0.5, 0.6) is 0 Å². The third-order valence-corrected chi connectivity index (χ3v) is 1.32. The molecule has 1 N–H and O–H groups in total. The Bertz CT molecular complexity index is 140. The van der Waals surface area contributed by atoms with Crippen LogP contribution in [0.2, 0.25) is 0 Å². The third-order valence-electron chi connectivity index (χ3n) is 1.32. The van der Waals surface area contributed by atoms with Gasteiger partial charge in [-0.3, -0.25) is 4.79 Å². The highest BCUT2D eigenvalue weighted by molar-refractivity contribution is 5.86. The van der Waals surface area contributed by atoms with E-state index < -0.39 is 0 Å². The largest absolute Gasteiger partial charge is 0.353 e. The highest BCUT2D eigenvalue weighted by atomic mass is 16.1. The van der Waals surface area contributed by atoms with E-state index in [0.717, 1.165) is 25.8 Å². The van der Waals surface area contributed by atoms with Crippen molar-refractivity contribution in [1.29, 1.82) is 0 Å². The van der Waals surface area contributed by atoms with Crippen molar-refractivity contribution in [3.63, 3.8) is 0 Å². The minimum atomic E-state index is -0.0939. The summed E-state index contributed by atoms with van der Waals surface area (Å²) in [6, 6.07) is 0. The number of hydrogen-bond acceptors (Lipinski definition) is 1. The number of amides is 1. The lowest BCUT2D eigenvalue weighted by Gasteiger charge is -1.99. The fourth-order valence-electron chi connectivity index (χ4n) is 0.697. The lowest BCUT2D eigenvalue weighted by molar-refractivity contribution is -0.116. The summed E-state index contributed by atoms with van der Waals surface area (Å²) in [7, 11) is 0. The molecule has 0 aromatic heterocycles. The van der Waals surface area contributed by atoms with Crippen LogP contribution < -0.4 is 5.32 Å². The van der Waals surface area contributed by atoms with Gasteiger partial charge in [0.2, 0.25) is 5.91 Å². The standard InChI is InChI=1S/C9H15NO/c1-3-5-6-7-8-10-9(11)4-2/h3-4H,1-2,5-8H2,(H,10,11). The summed E-state index contributed by atoms with van der Waals surface area (Å²) in [6.45, 7) is 7.69. The zero-order valence-corrected chi connectivity index (χ0v) is 6.81. The fourth-order valence-corrected chi connectivity index (χ4v) is 0.697. The molecule has 0 heterocycles. The van der Waals surface area contributed by atoms with Crippen LogP contribution >= 0.6 is 0 Å².